The lowest BCUT2D eigenvalue weighted by atomic mass is 10.1. The first-order chi connectivity index (χ1) is 5.52. The molecular weight excluding hydrogens is 184 g/mol. The predicted molar refractivity (Wildman–Crippen MR) is 42.9 cm³/mol. The summed E-state index contributed by atoms with van der Waals surface area (Å²) in [7, 11) is 2.33. The van der Waals surface area contributed by atoms with Crippen molar-refractivity contribution in [2.45, 2.75) is 18.2 Å². The largest absolute Gasteiger partial charge is 0.467 e. The summed E-state index contributed by atoms with van der Waals surface area (Å²) in [6, 6.07) is 0. The average Bonchev–Trinajstić information content (AvgIpc) is 2.13. The van der Waals surface area contributed by atoms with Gasteiger partial charge in [-0.1, -0.05) is 18.5 Å². The lowest BCUT2D eigenvalue weighted by molar-refractivity contribution is -0.156. The monoisotopic (exact) mass is 194 g/mol. The molecule has 0 bridgehead atoms. The van der Waals surface area contributed by atoms with Crippen molar-refractivity contribution in [3.63, 3.8) is 0 Å². The van der Waals surface area contributed by atoms with Gasteiger partial charge in [0.25, 0.3) is 0 Å². The van der Waals surface area contributed by atoms with Gasteiger partial charge in [-0.25, -0.2) is 9.59 Å². The highest BCUT2D eigenvalue weighted by molar-refractivity contribution is 6.44. The quantitative estimate of drug-likeness (QED) is 0.378. The second-order valence-corrected chi connectivity index (χ2v) is 2.78. The average molecular weight is 195 g/mol. The number of alkyl halides is 1. The maximum atomic E-state index is 11.0. The number of hydrogen-bond donors (Lipinski definition) is 0. The molecule has 0 N–H and O–H groups in total. The van der Waals surface area contributed by atoms with Crippen molar-refractivity contribution < 1.29 is 19.1 Å². The lowest BCUT2D eigenvalue weighted by Gasteiger charge is -2.18. The van der Waals surface area contributed by atoms with Crippen LogP contribution in [-0.2, 0) is 19.1 Å². The molecule has 0 fully saturated rings. The zero-order valence-electron chi connectivity index (χ0n) is 7.22. The number of hydrogen-bond acceptors (Lipinski definition) is 4. The minimum absolute atomic E-state index is 0.133. The van der Waals surface area contributed by atoms with Crippen LogP contribution < -0.4 is 0 Å². The number of esters is 2. The second kappa shape index (κ2) is 4.30. The van der Waals surface area contributed by atoms with Crippen LogP contribution in [-0.4, -0.2) is 31.0 Å². The number of carbonyl (C=O) groups is 2. The Kier molecular flexibility index (Phi) is 4.03. The van der Waals surface area contributed by atoms with Gasteiger partial charge in [0, 0.05) is 0 Å². The Labute approximate surface area is 75.8 Å². The summed E-state index contributed by atoms with van der Waals surface area (Å²) < 4.78 is 8.72. The van der Waals surface area contributed by atoms with Crippen LogP contribution >= 0.6 is 11.6 Å². The first-order valence-corrected chi connectivity index (χ1v) is 3.76. The summed E-state index contributed by atoms with van der Waals surface area (Å²) in [6.45, 7) is 1.60. The van der Waals surface area contributed by atoms with Crippen LogP contribution in [0.4, 0.5) is 0 Å². The smallest absolute Gasteiger partial charge is 0.338 e. The van der Waals surface area contributed by atoms with Gasteiger partial charge in [0.15, 0.2) is 0 Å². The fourth-order valence-electron chi connectivity index (χ4n) is 0.696. The first-order valence-electron chi connectivity index (χ1n) is 3.38. The molecule has 0 unspecified atom stereocenters. The van der Waals surface area contributed by atoms with Crippen molar-refractivity contribution in [3.8, 4) is 0 Å². The summed E-state index contributed by atoms with van der Waals surface area (Å²) in [5.41, 5.74) is 0. The molecule has 0 radical (unpaired) electrons. The Morgan fingerprint density at radius 3 is 1.75 bits per heavy atom. The molecule has 0 spiro atoms. The fraction of sp³-hybridized carbons (Fsp3) is 0.714. The maximum Gasteiger partial charge on any atom is 0.338 e. The molecule has 0 aliphatic rings. The molecule has 5 heteroatoms. The molecule has 70 valence electrons. The van der Waals surface area contributed by atoms with E-state index in [-0.39, 0.29) is 6.42 Å². The summed E-state index contributed by atoms with van der Waals surface area (Å²) in [4.78, 5) is 20.3. The van der Waals surface area contributed by atoms with Gasteiger partial charge < -0.3 is 9.47 Å². The van der Waals surface area contributed by atoms with Gasteiger partial charge in [0.2, 0.25) is 4.87 Å². The van der Waals surface area contributed by atoms with Gasteiger partial charge in [-0.15, -0.1) is 0 Å². The summed E-state index contributed by atoms with van der Waals surface area (Å²) in [5, 5.41) is 0. The SMILES string of the molecule is CCC(Cl)(C(=O)OC)C(=O)OC. The van der Waals surface area contributed by atoms with Gasteiger partial charge in [-0.05, 0) is 6.42 Å². The van der Waals surface area contributed by atoms with E-state index in [4.69, 9.17) is 11.6 Å². The van der Waals surface area contributed by atoms with E-state index < -0.39 is 16.8 Å². The predicted octanol–water partition coefficient (Wildman–Crippen LogP) is 0.720. The molecule has 0 aromatic heterocycles. The highest BCUT2D eigenvalue weighted by atomic mass is 35.5. The molecule has 0 atom stereocenters. The van der Waals surface area contributed by atoms with E-state index in [1.807, 2.05) is 0 Å². The van der Waals surface area contributed by atoms with Crippen molar-refractivity contribution in [3.05, 3.63) is 0 Å². The van der Waals surface area contributed by atoms with Crippen molar-refractivity contribution >= 4 is 23.5 Å². The Bertz CT molecular complexity index is 174. The Hall–Kier alpha value is -0.770. The molecule has 4 nitrogen and oxygen atoms in total. The van der Waals surface area contributed by atoms with Crippen molar-refractivity contribution in [1.29, 1.82) is 0 Å². The van der Waals surface area contributed by atoms with Gasteiger partial charge >= 0.3 is 11.9 Å². The molecule has 0 aliphatic carbocycles. The lowest BCUT2D eigenvalue weighted by Crippen LogP contribution is -2.42. The number of halogens is 1. The van der Waals surface area contributed by atoms with E-state index in [9.17, 15) is 9.59 Å². The Morgan fingerprint density at radius 2 is 1.58 bits per heavy atom. The van der Waals surface area contributed by atoms with E-state index in [1.165, 1.54) is 0 Å². The van der Waals surface area contributed by atoms with Gasteiger partial charge in [0.1, 0.15) is 0 Å². The Morgan fingerprint density at radius 1 is 1.25 bits per heavy atom. The topological polar surface area (TPSA) is 52.6 Å². The van der Waals surface area contributed by atoms with Crippen LogP contribution in [0.2, 0.25) is 0 Å². The molecule has 0 saturated heterocycles. The minimum atomic E-state index is -1.69. The van der Waals surface area contributed by atoms with Gasteiger partial charge in [-0.3, -0.25) is 0 Å². The summed E-state index contributed by atoms with van der Waals surface area (Å²) in [5.74, 6) is -1.59. The van der Waals surface area contributed by atoms with E-state index in [0.29, 0.717) is 0 Å². The van der Waals surface area contributed by atoms with Crippen molar-refractivity contribution in [2.24, 2.45) is 0 Å². The van der Waals surface area contributed by atoms with Crippen LogP contribution in [0.25, 0.3) is 0 Å². The molecule has 0 amide bonds. The van der Waals surface area contributed by atoms with Crippen LogP contribution in [0.1, 0.15) is 13.3 Å². The Balaban J connectivity index is 4.66. The first kappa shape index (κ1) is 11.2. The molecule has 0 heterocycles. The second-order valence-electron chi connectivity index (χ2n) is 2.14. The number of ether oxygens (including phenoxy) is 2. The van der Waals surface area contributed by atoms with Crippen molar-refractivity contribution in [1.82, 2.24) is 0 Å². The third-order valence-corrected chi connectivity index (χ3v) is 2.08. The molecule has 0 aliphatic heterocycles. The fourth-order valence-corrected chi connectivity index (χ4v) is 0.850. The zero-order valence-corrected chi connectivity index (χ0v) is 7.97. The van der Waals surface area contributed by atoms with E-state index >= 15 is 0 Å². The van der Waals surface area contributed by atoms with Gasteiger partial charge in [0.05, 0.1) is 14.2 Å². The molecule has 0 aromatic rings. The highest BCUT2D eigenvalue weighted by Crippen LogP contribution is 2.22. The third-order valence-electron chi connectivity index (χ3n) is 1.51. The summed E-state index contributed by atoms with van der Waals surface area (Å²) in [6.07, 6.45) is 0.133. The standard InChI is InChI=1S/C7H11ClO4/c1-4-7(8,5(9)11-2)6(10)12-3/h4H2,1-3H3. The van der Waals surface area contributed by atoms with Crippen LogP contribution in [0.15, 0.2) is 0 Å². The number of carbonyl (C=O) groups excluding carboxylic acids is 2. The molecule has 0 aromatic carbocycles. The summed E-state index contributed by atoms with van der Waals surface area (Å²) >= 11 is 5.68. The van der Waals surface area contributed by atoms with Crippen LogP contribution in [0.5, 0.6) is 0 Å². The molecule has 0 saturated carbocycles. The number of rotatable bonds is 3. The van der Waals surface area contributed by atoms with Crippen molar-refractivity contribution in [2.75, 3.05) is 14.2 Å². The minimum Gasteiger partial charge on any atom is -0.467 e. The third kappa shape index (κ3) is 1.88. The zero-order chi connectivity index (χ0) is 9.78. The van der Waals surface area contributed by atoms with Gasteiger partial charge in [-0.2, -0.15) is 0 Å². The number of methoxy groups -OCH3 is 2. The normalized spacial score (nSPS) is 10.7. The van der Waals surface area contributed by atoms with E-state index in [2.05, 4.69) is 9.47 Å². The van der Waals surface area contributed by atoms with E-state index in [1.54, 1.807) is 6.92 Å². The van der Waals surface area contributed by atoms with Crippen LogP contribution in [0, 0.1) is 0 Å². The maximum absolute atomic E-state index is 11.0. The molecule has 12 heavy (non-hydrogen) atoms. The van der Waals surface area contributed by atoms with Crippen LogP contribution in [0.3, 0.4) is 0 Å². The molecular formula is C7H11ClO4. The highest BCUT2D eigenvalue weighted by Gasteiger charge is 2.44. The molecule has 0 rings (SSSR count). The van der Waals surface area contributed by atoms with E-state index in [0.717, 1.165) is 14.2 Å².